The first-order valence-corrected chi connectivity index (χ1v) is 49.7. The van der Waals surface area contributed by atoms with Crippen LogP contribution in [0.3, 0.4) is 0 Å². The molecule has 39 nitrogen and oxygen atoms in total. The van der Waals surface area contributed by atoms with Gasteiger partial charge in [0.25, 0.3) is 0 Å². The average Bonchev–Trinajstić information content (AvgIpc) is 1.55. The minimum atomic E-state index is -3.05. The van der Waals surface area contributed by atoms with Crippen LogP contribution in [0.15, 0.2) is 153 Å². The number of likely N-dealkylation sites (N-methyl/N-ethyl adjacent to an activating group) is 1. The predicted molar refractivity (Wildman–Crippen MR) is 533 cm³/mol. The average molecular weight is 2100 g/mol. The maximum absolute atomic E-state index is 17.2. The fourth-order valence-electron chi connectivity index (χ4n) is 19.6. The summed E-state index contributed by atoms with van der Waals surface area (Å²) < 4.78 is 64.8. The fourth-order valence-corrected chi connectivity index (χ4v) is 20.2. The quantitative estimate of drug-likeness (QED) is 0.0110. The van der Waals surface area contributed by atoms with Gasteiger partial charge in [-0.1, -0.05) is 148 Å². The van der Waals surface area contributed by atoms with Gasteiger partial charge in [-0.25, -0.2) is 9.59 Å². The number of unbranched alkanes of at least 4 members (excludes halogenated alkanes) is 1. The Labute approximate surface area is 863 Å². The number of nitrogens with zero attached hydrogens (tertiary/aromatic N) is 2. The zero-order chi connectivity index (χ0) is 106. The minimum absolute atomic E-state index is 0.0237. The molecule has 0 aromatic heterocycles. The number of hydrogen-bond acceptors (Lipinski definition) is 31. The van der Waals surface area contributed by atoms with Gasteiger partial charge in [0.1, 0.15) is 97.3 Å². The molecule has 3 saturated heterocycles. The van der Waals surface area contributed by atoms with Crippen LogP contribution in [-0.4, -0.2) is 265 Å². The number of ether oxygens (including phenoxy) is 10. The molecule has 7 aromatic rings. The number of nitrogens with two attached hydrogens (primary N) is 1. The summed E-state index contributed by atoms with van der Waals surface area (Å²) in [6, 6.07) is 20.2. The second kappa shape index (κ2) is 47.4. The Morgan fingerprint density at radius 3 is 1.91 bits per heavy atom. The largest absolute Gasteiger partial charge is 0.508 e. The van der Waals surface area contributed by atoms with Crippen LogP contribution in [0, 0.1) is 11.8 Å². The van der Waals surface area contributed by atoms with Crippen LogP contribution in [-0.2, 0) is 83.8 Å². The number of aliphatic hydroxyl groups excluding tert-OH is 6. The Morgan fingerprint density at radius 1 is 0.667 bits per heavy atom. The Balaban J connectivity index is 0.978. The molecule has 42 heteroatoms. The molecule has 8 heterocycles. The van der Waals surface area contributed by atoms with Gasteiger partial charge >= 0.3 is 12.2 Å². The van der Waals surface area contributed by atoms with Crippen molar-refractivity contribution in [2.45, 2.75) is 246 Å². The number of benzene rings is 7. The number of aromatic hydroxyl groups is 1. The zero-order valence-electron chi connectivity index (χ0n) is 82.4. The third kappa shape index (κ3) is 25.2. The lowest BCUT2D eigenvalue weighted by Crippen LogP contribution is -2.65. The summed E-state index contributed by atoms with van der Waals surface area (Å²) in [7, 11) is 3.16. The van der Waals surface area contributed by atoms with E-state index in [2.05, 4.69) is 55.3 Å². The lowest BCUT2D eigenvalue weighted by Gasteiger charge is -2.48. The number of amides is 8. The molecule has 11 bridgehead atoms. The summed E-state index contributed by atoms with van der Waals surface area (Å²) in [4.78, 5) is 157. The van der Waals surface area contributed by atoms with Crippen molar-refractivity contribution in [2.24, 2.45) is 17.6 Å². The summed E-state index contributed by atoms with van der Waals surface area (Å²) >= 11 is 21.2. The smallest absolute Gasteiger partial charge is 0.410 e. The molecule has 18 N–H and O–H groups in total. The van der Waals surface area contributed by atoms with Crippen molar-refractivity contribution in [1.82, 2.24) is 47.0 Å². The molecule has 0 spiro atoms. The van der Waals surface area contributed by atoms with Crippen LogP contribution in [0.5, 0.6) is 34.5 Å². The molecule has 16 rings (SSSR count). The number of hydrogen-bond donors (Lipinski definition) is 17. The van der Waals surface area contributed by atoms with E-state index in [9.17, 15) is 60.3 Å². The molecule has 8 amide bonds. The number of primary amides is 1. The van der Waals surface area contributed by atoms with Crippen LogP contribution >= 0.6 is 34.8 Å². The number of Topliss-reactive ketones (excluding diaryl/α,β-unsaturated/α-hetero) is 2. The van der Waals surface area contributed by atoms with E-state index in [1.54, 1.807) is 39.8 Å². The molecule has 0 radical (unpaired) electrons. The fraction of sp³-hybridized carbons (Fsp3) is 0.467. The number of nitrogens with one attached hydrogen (secondary N) is 7. The van der Waals surface area contributed by atoms with Gasteiger partial charge in [0, 0.05) is 73.9 Å². The minimum Gasteiger partial charge on any atom is -0.508 e. The number of rotatable bonds is 31. The van der Waals surface area contributed by atoms with Crippen LogP contribution in [0.2, 0.25) is 15.1 Å². The molecule has 9 aliphatic rings. The lowest BCUT2D eigenvalue weighted by molar-refractivity contribution is -0.334. The van der Waals surface area contributed by atoms with E-state index in [0.29, 0.717) is 18.0 Å². The lowest BCUT2D eigenvalue weighted by atomic mass is 9.84. The van der Waals surface area contributed by atoms with Crippen LogP contribution in [0.1, 0.15) is 181 Å². The molecule has 790 valence electrons. The third-order valence-electron chi connectivity index (χ3n) is 27.6. The van der Waals surface area contributed by atoms with Gasteiger partial charge in [0.15, 0.2) is 41.7 Å². The van der Waals surface area contributed by atoms with E-state index >= 15 is 33.6 Å². The molecule has 0 saturated carbocycles. The van der Waals surface area contributed by atoms with E-state index in [-0.39, 0.29) is 89.8 Å². The molecule has 3 fully saturated rings. The van der Waals surface area contributed by atoms with Crippen molar-refractivity contribution in [3.05, 3.63) is 212 Å². The first-order chi connectivity index (χ1) is 69.8. The number of carbonyl (C=O) groups is 10. The van der Waals surface area contributed by atoms with Gasteiger partial charge in [0.2, 0.25) is 53.3 Å². The Bertz CT molecular complexity index is 6060. The number of carbonyl (C=O) groups excluding carboxylic acids is 10. The molecule has 7 aromatic carbocycles. The molecule has 8 aliphatic heterocycles. The van der Waals surface area contributed by atoms with Gasteiger partial charge in [-0.2, -0.15) is 0 Å². The number of fused-ring (bicyclic) bond motifs is 12. The highest BCUT2D eigenvalue weighted by atomic mass is 35.5. The highest BCUT2D eigenvalue weighted by molar-refractivity contribution is 6.32. The third-order valence-corrected chi connectivity index (χ3v) is 28.5. The maximum Gasteiger partial charge on any atom is 0.410 e. The number of phenols is 1. The highest BCUT2D eigenvalue weighted by Crippen LogP contribution is 2.54. The van der Waals surface area contributed by atoms with E-state index in [1.165, 1.54) is 81.6 Å². The summed E-state index contributed by atoms with van der Waals surface area (Å²) in [5.74, 6) is -20.2. The van der Waals surface area contributed by atoms with Gasteiger partial charge < -0.3 is 141 Å². The van der Waals surface area contributed by atoms with E-state index < -0.39 is 280 Å². The maximum atomic E-state index is 17.2. The zero-order valence-corrected chi connectivity index (χ0v) is 84.7. The van der Waals surface area contributed by atoms with E-state index in [4.69, 9.17) is 87.9 Å². The normalized spacial score (nSPS) is 27.6. The van der Waals surface area contributed by atoms with E-state index in [0.717, 1.165) is 71.3 Å². The van der Waals surface area contributed by atoms with E-state index in [1.807, 2.05) is 50.4 Å². The number of aliphatic hydroxyl groups is 8. The second-order valence-corrected chi connectivity index (χ2v) is 40.3. The van der Waals surface area contributed by atoms with Gasteiger partial charge in [0.05, 0.1) is 52.3 Å². The van der Waals surface area contributed by atoms with Crippen LogP contribution in [0.4, 0.5) is 9.59 Å². The Morgan fingerprint density at radius 2 is 1.28 bits per heavy atom. The number of halogens is 3. The van der Waals surface area contributed by atoms with Crippen molar-refractivity contribution in [1.29, 1.82) is 0 Å². The molecule has 7 unspecified atom stereocenters. The van der Waals surface area contributed by atoms with Gasteiger partial charge in [-0.15, -0.1) is 0 Å². The van der Waals surface area contributed by atoms with Crippen molar-refractivity contribution in [3.63, 3.8) is 0 Å². The molecule has 22 atom stereocenters. The Hall–Kier alpha value is -11.8. The van der Waals surface area contributed by atoms with Crippen molar-refractivity contribution < 1.29 is 141 Å². The summed E-state index contributed by atoms with van der Waals surface area (Å²) in [5.41, 5.74) is 3.34. The number of alkyl carbamates (subject to hydrolysis) is 1. The summed E-state index contributed by atoms with van der Waals surface area (Å²) in [6.45, 7) is 18.7. The van der Waals surface area contributed by atoms with Gasteiger partial charge in [-0.05, 0) is 195 Å². The summed E-state index contributed by atoms with van der Waals surface area (Å²) in [5, 5.41) is 129. The van der Waals surface area contributed by atoms with Crippen LogP contribution < -0.4 is 57.2 Å². The predicted octanol–water partition coefficient (Wildman–Crippen LogP) is 8.70. The molecule has 1 aliphatic carbocycles. The molecular formula is C105H125Cl3N10O29. The topological polar surface area (TPSA) is 562 Å². The Kier molecular flexibility index (Phi) is 35.7. The number of phenolic OH excluding ortho intramolecular Hbond substituents is 1. The first kappa shape index (κ1) is 111. The second-order valence-electron chi connectivity index (χ2n) is 39.1. The SMILES string of the molecule is C=CCOC(=O)NC1(C)C[C@@H](OC2c3ccc(c(Cl)c3)Oc3cc4cc(c3O[C@@H]3OC(CO)[C@H](O)[C@H](O)C3O[C@@H]3CC(C)(NCc5ccc(-c6ccc(Cl)cc6)cc5)[C@H](O)[C@H](C)O3)Oc3ccc(cc3Cl)[C@@H](O)[C@@H](NC(=O)[C@@H](CC(C)C)N(C)C(=O)OCC=C)C(=O)C[C@@H](CC(N)=O)C(=O)N[C@H]4C(=O)CC3C(=O)NC2C(=O)N[C@H](C(=O)NCCCN(C)CCCC)c2cc(O)cc4c2-c2cc3ccc2C4(O)O)O[C@@H](C)[C@H]1O. The van der Waals surface area contributed by atoms with Crippen molar-refractivity contribution in [3.8, 4) is 56.8 Å². The van der Waals surface area contributed by atoms with Crippen molar-refractivity contribution >= 4 is 94.0 Å². The standard InChI is InChI=1S/C105H125Cl3N10O29/c1-12-15-32-117(10)33-16-31-110-98(132)84-66-44-63(120)45-68-82(66)65-37-57(23-28-67(65)105(68,136)137)64-46-73(122)83-60-41-76(142-74-29-24-58(38-69(74)107)87(124)85(72(121)40-61(43-79(109)123)95(129)112-83)114-97(131)71(36-51(4)5)118(11)102(135)139-35-14-3)91(77(42-60)143-75-30-25-59(39-70(75)108)90(86(99(133)113-84)115-96(64)130)145-81-48-104(9,94(128)53(7)141-81)116-101(134)138-34-13-2)147-100-92(89(126)88(125)78(50-119)144-100)146-80-47-103(8,93(127)52(6)140-80)111-49-54-17-19-55(20-18-54)56-21-26-62(106)27-22-56/h13-14,17-30,37-39,41-42,44-45,51-53,61,64,71,78,80-81,83-90,92-94,100,111,119-120,124-128,136-137H,2-3,12,15-16,31-36,40,43,46-50H2,1,4-11H3,(H2,109,123)(H,110,132)(H,112,129)(H,113,133)(H,114,131)(H,115,130)(H,116,134)/t52-,53-,61-,64?,71+,78?,80+,81+,83+,84-,85-,86?,87+,88-,89-,90?,92?,93+,94+,100-,103?,104?/m0/s1. The monoisotopic (exact) mass is 2090 g/mol. The van der Waals surface area contributed by atoms with Crippen molar-refractivity contribution in [2.75, 3.05) is 53.6 Å². The molecular weight excluding hydrogens is 1970 g/mol. The first-order valence-electron chi connectivity index (χ1n) is 48.6. The van der Waals surface area contributed by atoms with Crippen LogP contribution in [0.25, 0.3) is 22.3 Å². The van der Waals surface area contributed by atoms with Gasteiger partial charge in [-0.3, -0.25) is 43.3 Å². The number of ketones is 2. The summed E-state index contributed by atoms with van der Waals surface area (Å²) in [6.07, 6.45) is -23.7. The highest BCUT2D eigenvalue weighted by Gasteiger charge is 2.55. The molecule has 147 heavy (non-hydrogen) atoms.